The third-order valence-electron chi connectivity index (χ3n) is 1.73. The lowest BCUT2D eigenvalue weighted by Crippen LogP contribution is -1.94. The van der Waals surface area contributed by atoms with E-state index in [1.54, 1.807) is 6.20 Å². The van der Waals surface area contributed by atoms with Gasteiger partial charge in [-0.05, 0) is 27.4 Å². The Kier molecular flexibility index (Phi) is 1.76. The number of thiol groups is 1. The monoisotopic (exact) mass is 242 g/mol. The smallest absolute Gasteiger partial charge is 0.132 e. The molecule has 0 aromatic carbocycles. The number of hydrogen-bond acceptors (Lipinski definition) is 2. The van der Waals surface area contributed by atoms with Crippen molar-refractivity contribution in [1.82, 2.24) is 4.98 Å². The number of nitrogens with two attached hydrogens (primary N) is 1. The maximum absolute atomic E-state index is 5.88. The molecular formula is C8H7BrN2S. The first kappa shape index (κ1) is 7.92. The zero-order chi connectivity index (χ0) is 8.72. The number of nitrogen functional groups attached to an aromatic ring is 1. The van der Waals surface area contributed by atoms with Crippen LogP contribution in [0.15, 0.2) is 22.6 Å². The van der Waals surface area contributed by atoms with Crippen LogP contribution in [0.5, 0.6) is 0 Å². The van der Waals surface area contributed by atoms with Crippen molar-refractivity contribution in [3.63, 3.8) is 0 Å². The van der Waals surface area contributed by atoms with Gasteiger partial charge in [-0.2, -0.15) is 10.3 Å². The van der Waals surface area contributed by atoms with Gasteiger partial charge in [0, 0.05) is 21.1 Å². The average Bonchev–Trinajstić information content (AvgIpc) is 2.29. The van der Waals surface area contributed by atoms with Crippen LogP contribution in [-0.4, -0.2) is 4.98 Å². The third kappa shape index (κ3) is 1.00. The second kappa shape index (κ2) is 2.66. The van der Waals surface area contributed by atoms with E-state index in [4.69, 9.17) is 11.4 Å². The van der Waals surface area contributed by atoms with Gasteiger partial charge in [0.1, 0.15) is 5.82 Å². The van der Waals surface area contributed by atoms with Crippen molar-refractivity contribution in [3.8, 4) is 5.69 Å². The van der Waals surface area contributed by atoms with Crippen molar-refractivity contribution in [2.24, 2.45) is 0 Å². The van der Waals surface area contributed by atoms with Crippen LogP contribution in [0.4, 0.5) is 5.82 Å². The molecule has 2 N–H and O–H groups in total. The highest BCUT2D eigenvalue weighted by atomic mass is 79.9. The van der Waals surface area contributed by atoms with Crippen LogP contribution in [0, 0.1) is 5.69 Å². The minimum Gasteiger partial charge on any atom is -0.383 e. The van der Waals surface area contributed by atoms with Crippen molar-refractivity contribution in [2.75, 3.05) is 5.73 Å². The number of pyridine rings is 1. The van der Waals surface area contributed by atoms with E-state index in [1.807, 2.05) is 11.5 Å². The standard InChI is InChI=1S/C8H7BrN2S/c1-12-4-5(9)7-6(12)2-3-11-8(7)10/h1-4,12H,(H2,10,11). The van der Waals surface area contributed by atoms with E-state index < -0.39 is 10.3 Å². The highest BCUT2D eigenvalue weighted by Crippen LogP contribution is 2.45. The summed E-state index contributed by atoms with van der Waals surface area (Å²) in [5.41, 5.74) is 12.5. The quantitative estimate of drug-likeness (QED) is 0.686. The molecule has 0 spiro atoms. The summed E-state index contributed by atoms with van der Waals surface area (Å²) in [4.78, 5) is 5.10. The summed E-state index contributed by atoms with van der Waals surface area (Å²) in [5.74, 6) is 0.547. The summed E-state index contributed by atoms with van der Waals surface area (Å²) in [6.45, 7) is 0. The Labute approximate surface area is 81.2 Å². The maximum atomic E-state index is 5.88. The lowest BCUT2D eigenvalue weighted by atomic mass is 10.2. The molecule has 0 aliphatic carbocycles. The predicted octanol–water partition coefficient (Wildman–Crippen LogP) is 2.32. The molecule has 2 nitrogen and oxygen atoms in total. The Balaban J connectivity index is 2.80. The first-order valence-corrected chi connectivity index (χ1v) is 5.63. The van der Waals surface area contributed by atoms with Crippen LogP contribution < -0.4 is 5.73 Å². The summed E-state index contributed by atoms with van der Waals surface area (Å²) in [7, 11) is -0.665. The van der Waals surface area contributed by atoms with E-state index in [9.17, 15) is 0 Å². The fourth-order valence-electron chi connectivity index (χ4n) is 1.18. The normalized spacial score (nSPS) is 20.3. The van der Waals surface area contributed by atoms with Crippen LogP contribution in [0.25, 0.3) is 4.48 Å². The fraction of sp³-hybridized carbons (Fsp3) is 0. The van der Waals surface area contributed by atoms with Crippen molar-refractivity contribution in [3.05, 3.63) is 23.2 Å². The highest BCUT2D eigenvalue weighted by Gasteiger charge is 2.16. The average molecular weight is 243 g/mol. The van der Waals surface area contributed by atoms with Crippen molar-refractivity contribution < 1.29 is 0 Å². The number of rotatable bonds is 0. The highest BCUT2D eigenvalue weighted by molar-refractivity contribution is 9.15. The molecule has 12 heavy (non-hydrogen) atoms. The lowest BCUT2D eigenvalue weighted by molar-refractivity contribution is 1.26. The molecule has 1 unspecified atom stereocenters. The van der Waals surface area contributed by atoms with Crippen LogP contribution in [0.3, 0.4) is 0 Å². The number of aromatic nitrogens is 1. The number of halogens is 1. The SMILES string of the molecule is C#[SH]1C=C(Br)c2c1ccnc2N. The molecule has 1 atom stereocenters. The first-order chi connectivity index (χ1) is 5.70. The molecule has 1 aromatic rings. The molecule has 62 valence electrons. The molecule has 0 amide bonds. The number of anilines is 1. The largest absolute Gasteiger partial charge is 0.383 e. The molecule has 2 heterocycles. The molecule has 4 heteroatoms. The number of hydrogen-bond donors (Lipinski definition) is 2. The zero-order valence-corrected chi connectivity index (χ0v) is 8.64. The van der Waals surface area contributed by atoms with Crippen LogP contribution in [-0.2, 0) is 0 Å². The Bertz CT molecular complexity index is 442. The second-order valence-electron chi connectivity index (χ2n) is 2.47. The molecule has 1 aromatic heterocycles. The van der Waals surface area contributed by atoms with Gasteiger partial charge in [-0.15, -0.1) is 5.69 Å². The molecule has 2 rings (SSSR count). The number of fused-ring (bicyclic) bond motifs is 1. The Morgan fingerprint density at radius 1 is 1.58 bits per heavy atom. The van der Waals surface area contributed by atoms with Gasteiger partial charge < -0.3 is 5.73 Å². The first-order valence-electron chi connectivity index (χ1n) is 3.36. The predicted molar refractivity (Wildman–Crippen MR) is 57.8 cm³/mol. The molecule has 0 radical (unpaired) electrons. The summed E-state index contributed by atoms with van der Waals surface area (Å²) >= 11 is 3.41. The van der Waals surface area contributed by atoms with Gasteiger partial charge in [0.15, 0.2) is 0 Å². The van der Waals surface area contributed by atoms with E-state index in [-0.39, 0.29) is 0 Å². The van der Waals surface area contributed by atoms with Crippen molar-refractivity contribution in [1.29, 1.82) is 0 Å². The minimum atomic E-state index is -0.665. The number of nitrogens with zero attached hydrogens (tertiary/aromatic N) is 1. The Morgan fingerprint density at radius 2 is 2.33 bits per heavy atom. The van der Waals surface area contributed by atoms with Gasteiger partial charge in [0.25, 0.3) is 0 Å². The lowest BCUT2D eigenvalue weighted by Gasteiger charge is -2.02. The van der Waals surface area contributed by atoms with Crippen molar-refractivity contribution in [2.45, 2.75) is 4.90 Å². The summed E-state index contributed by atoms with van der Waals surface area (Å²) < 4.78 is 0.969. The van der Waals surface area contributed by atoms with Gasteiger partial charge in [-0.1, -0.05) is 0 Å². The molecular weight excluding hydrogens is 236 g/mol. The van der Waals surface area contributed by atoms with Crippen LogP contribution >= 0.6 is 26.2 Å². The van der Waals surface area contributed by atoms with Gasteiger partial charge in [-0.3, -0.25) is 0 Å². The van der Waals surface area contributed by atoms with E-state index in [1.165, 1.54) is 0 Å². The van der Waals surface area contributed by atoms with Crippen LogP contribution in [0.1, 0.15) is 5.56 Å². The van der Waals surface area contributed by atoms with Gasteiger partial charge in [0.2, 0.25) is 0 Å². The molecule has 1 aliphatic heterocycles. The summed E-state index contributed by atoms with van der Waals surface area (Å²) in [5, 5.41) is 1.98. The van der Waals surface area contributed by atoms with Crippen molar-refractivity contribution >= 4 is 36.5 Å². The summed E-state index contributed by atoms with van der Waals surface area (Å²) in [6, 6.07) is 1.92. The van der Waals surface area contributed by atoms with E-state index in [0.29, 0.717) is 5.82 Å². The topological polar surface area (TPSA) is 38.9 Å². The molecule has 1 aliphatic rings. The third-order valence-corrected chi connectivity index (χ3v) is 4.17. The van der Waals surface area contributed by atoms with Crippen LogP contribution in [0.2, 0.25) is 0 Å². The Hall–Kier alpha value is -0.700. The van der Waals surface area contributed by atoms with E-state index in [2.05, 4.69) is 20.9 Å². The van der Waals surface area contributed by atoms with Gasteiger partial charge >= 0.3 is 0 Å². The zero-order valence-electron chi connectivity index (χ0n) is 6.16. The fourth-order valence-corrected chi connectivity index (χ4v) is 3.66. The Morgan fingerprint density at radius 3 is 3.00 bits per heavy atom. The van der Waals surface area contributed by atoms with E-state index >= 15 is 0 Å². The molecule has 0 fully saturated rings. The summed E-state index contributed by atoms with van der Waals surface area (Å²) in [6.07, 6.45) is 1.69. The van der Waals surface area contributed by atoms with Gasteiger partial charge in [0.05, 0.1) is 0 Å². The maximum Gasteiger partial charge on any atom is 0.132 e. The molecule has 0 saturated carbocycles. The van der Waals surface area contributed by atoms with E-state index in [0.717, 1.165) is 14.9 Å². The second-order valence-corrected chi connectivity index (χ2v) is 4.88. The minimum absolute atomic E-state index is 0.547. The molecule has 0 saturated heterocycles. The molecule has 0 bridgehead atoms. The van der Waals surface area contributed by atoms with Gasteiger partial charge in [-0.25, -0.2) is 4.98 Å².